The summed E-state index contributed by atoms with van der Waals surface area (Å²) < 4.78 is -0.759. The maximum Gasteiger partial charge on any atom is 0.251 e. The Morgan fingerprint density at radius 2 is 1.75 bits per heavy atom. The van der Waals surface area contributed by atoms with Crippen molar-refractivity contribution in [3.63, 3.8) is 0 Å². The average molecular weight is 616 g/mol. The molecule has 0 aromatic heterocycles. The molecule has 6 atom stereocenters. The number of amides is 3. The predicted molar refractivity (Wildman–Crippen MR) is 178 cm³/mol. The molecule has 1 spiro atoms. The van der Waals surface area contributed by atoms with Gasteiger partial charge in [-0.3, -0.25) is 14.4 Å². The molecular weight excluding hydrogens is 570 g/mol. The van der Waals surface area contributed by atoms with Gasteiger partial charge >= 0.3 is 0 Å². The van der Waals surface area contributed by atoms with Crippen LogP contribution in [0.15, 0.2) is 73.8 Å². The van der Waals surface area contributed by atoms with Crippen LogP contribution < -0.4 is 4.90 Å². The third-order valence-corrected chi connectivity index (χ3v) is 11.6. The summed E-state index contributed by atoms with van der Waals surface area (Å²) in [6.07, 6.45) is 6.10. The summed E-state index contributed by atoms with van der Waals surface area (Å²) in [4.78, 5) is 49.3. The number of likely N-dealkylation sites (tertiary alicyclic amines) is 1. The first kappa shape index (κ1) is 32.0. The van der Waals surface area contributed by atoms with E-state index in [2.05, 4.69) is 13.2 Å². The molecule has 44 heavy (non-hydrogen) atoms. The minimum Gasteiger partial charge on any atom is -0.394 e. The molecule has 5 rings (SSSR count). The maximum atomic E-state index is 15.1. The number of aliphatic hydroxyl groups is 1. The van der Waals surface area contributed by atoms with Gasteiger partial charge in [0.1, 0.15) is 6.04 Å². The van der Waals surface area contributed by atoms with E-state index in [9.17, 15) is 14.7 Å². The Labute approximate surface area is 266 Å². The number of hydrogen-bond donors (Lipinski definition) is 1. The highest BCUT2D eigenvalue weighted by atomic mass is 32.2. The van der Waals surface area contributed by atoms with E-state index in [4.69, 9.17) is 0 Å². The fourth-order valence-electron chi connectivity index (χ4n) is 7.91. The molecule has 3 fully saturated rings. The van der Waals surface area contributed by atoms with E-state index >= 15 is 4.79 Å². The molecule has 2 aromatic rings. The average Bonchev–Trinajstić information content (AvgIpc) is 3.66. The minimum atomic E-state index is -0.827. The normalized spacial score (nSPS) is 25.9. The summed E-state index contributed by atoms with van der Waals surface area (Å²) in [6.45, 7) is 14.8. The third kappa shape index (κ3) is 5.40. The van der Waals surface area contributed by atoms with Gasteiger partial charge in [-0.1, -0.05) is 67.6 Å². The second-order valence-electron chi connectivity index (χ2n) is 12.4. The van der Waals surface area contributed by atoms with Crippen molar-refractivity contribution in [2.75, 3.05) is 31.1 Å². The number of benzene rings is 2. The Morgan fingerprint density at radius 1 is 1.07 bits per heavy atom. The van der Waals surface area contributed by atoms with Crippen molar-refractivity contribution in [1.82, 2.24) is 9.80 Å². The Balaban J connectivity index is 1.63. The lowest BCUT2D eigenvalue weighted by Gasteiger charge is -2.40. The lowest BCUT2D eigenvalue weighted by molar-refractivity contribution is -0.145. The van der Waals surface area contributed by atoms with E-state index in [0.717, 1.165) is 35.2 Å². The number of carbonyl (C=O) groups excluding carboxylic acids is 3. The van der Waals surface area contributed by atoms with E-state index in [1.807, 2.05) is 74.2 Å². The van der Waals surface area contributed by atoms with Gasteiger partial charge in [0.2, 0.25) is 11.8 Å². The van der Waals surface area contributed by atoms with Crippen LogP contribution in [0.5, 0.6) is 0 Å². The van der Waals surface area contributed by atoms with Crippen LogP contribution in [0.1, 0.15) is 42.9 Å². The van der Waals surface area contributed by atoms with Crippen LogP contribution in [0.4, 0.5) is 5.69 Å². The SMILES string of the molecule is C=CCN(CCC)C(=O)[C@@H]1[C@@H]2CCC3(S2)C(C(=O)N(CC=C)c2c(C)cccc2C)N([C@@H](CO)Cc2ccccc2)C(=O)[C@H]13. The zero-order chi connectivity index (χ0) is 31.6. The van der Waals surface area contributed by atoms with Gasteiger partial charge in [-0.25, -0.2) is 0 Å². The zero-order valence-electron chi connectivity index (χ0n) is 26.2. The van der Waals surface area contributed by atoms with Crippen LogP contribution in [0.3, 0.4) is 0 Å². The van der Waals surface area contributed by atoms with Crippen molar-refractivity contribution in [2.24, 2.45) is 11.8 Å². The zero-order valence-corrected chi connectivity index (χ0v) is 27.0. The number of thioether (sulfide) groups is 1. The van der Waals surface area contributed by atoms with Crippen molar-refractivity contribution in [1.29, 1.82) is 0 Å². The molecule has 0 aliphatic carbocycles. The highest BCUT2D eigenvalue weighted by Gasteiger charge is 2.74. The number of para-hydroxylation sites is 1. The Kier molecular flexibility index (Phi) is 9.71. The van der Waals surface area contributed by atoms with Crippen LogP contribution >= 0.6 is 11.8 Å². The molecule has 7 nitrogen and oxygen atoms in total. The summed E-state index contributed by atoms with van der Waals surface area (Å²) in [6, 6.07) is 14.3. The molecule has 2 aromatic carbocycles. The molecule has 0 saturated carbocycles. The minimum absolute atomic E-state index is 0.0291. The number of rotatable bonds is 13. The summed E-state index contributed by atoms with van der Waals surface area (Å²) in [5.41, 5.74) is 3.72. The second-order valence-corrected chi connectivity index (χ2v) is 14.0. The van der Waals surface area contributed by atoms with Gasteiger partial charge in [0.05, 0.1) is 29.2 Å². The number of hydrogen-bond acceptors (Lipinski definition) is 5. The van der Waals surface area contributed by atoms with E-state index in [0.29, 0.717) is 25.9 Å². The molecule has 3 aliphatic heterocycles. The largest absolute Gasteiger partial charge is 0.394 e. The monoisotopic (exact) mass is 615 g/mol. The van der Waals surface area contributed by atoms with Gasteiger partial charge in [-0.05, 0) is 56.2 Å². The number of aliphatic hydroxyl groups excluding tert-OH is 1. The highest BCUT2D eigenvalue weighted by Crippen LogP contribution is 2.67. The molecule has 1 N–H and O–H groups in total. The van der Waals surface area contributed by atoms with Crippen molar-refractivity contribution in [2.45, 2.75) is 68.5 Å². The fourth-order valence-corrected chi connectivity index (χ4v) is 10.1. The van der Waals surface area contributed by atoms with E-state index < -0.39 is 28.7 Å². The summed E-state index contributed by atoms with van der Waals surface area (Å²) in [7, 11) is 0. The first-order valence-corrected chi connectivity index (χ1v) is 16.6. The summed E-state index contributed by atoms with van der Waals surface area (Å²) >= 11 is 1.67. The lowest BCUT2D eigenvalue weighted by Crippen LogP contribution is -2.58. The molecule has 3 saturated heterocycles. The van der Waals surface area contributed by atoms with Crippen LogP contribution in [-0.2, 0) is 20.8 Å². The van der Waals surface area contributed by atoms with Crippen LogP contribution in [0.2, 0.25) is 0 Å². The van der Waals surface area contributed by atoms with Gasteiger partial charge in [-0.15, -0.1) is 24.9 Å². The molecule has 3 amide bonds. The van der Waals surface area contributed by atoms with Crippen LogP contribution in [0, 0.1) is 25.7 Å². The molecule has 8 heteroatoms. The van der Waals surface area contributed by atoms with Gasteiger partial charge in [0.15, 0.2) is 0 Å². The number of aryl methyl sites for hydroxylation is 2. The lowest BCUT2D eigenvalue weighted by atomic mass is 9.70. The Morgan fingerprint density at radius 3 is 2.36 bits per heavy atom. The van der Waals surface area contributed by atoms with Gasteiger partial charge in [0.25, 0.3) is 5.91 Å². The van der Waals surface area contributed by atoms with Crippen molar-refractivity contribution < 1.29 is 19.5 Å². The first-order chi connectivity index (χ1) is 21.2. The second kappa shape index (κ2) is 13.3. The standard InChI is InChI=1S/C36H45N3O4S/c1-6-19-37(20-7-2)33(41)29-28-17-18-36(44-28)30(29)34(42)39(27(23-40)22-26-15-10-9-11-16-26)32(36)35(43)38(21-8-3)31-24(4)13-12-14-25(31)5/h6,8-16,27-30,32,40H,1,3,7,17-23H2,2,4-5H3/t27-,28+,29-,30+,32?,36?/m1/s1. The maximum absolute atomic E-state index is 15.1. The molecule has 234 valence electrons. The quantitative estimate of drug-likeness (QED) is 0.323. The molecule has 0 radical (unpaired) electrons. The van der Waals surface area contributed by atoms with Crippen LogP contribution in [-0.4, -0.2) is 80.9 Å². The van der Waals surface area contributed by atoms with Crippen molar-refractivity contribution in [3.8, 4) is 0 Å². The van der Waals surface area contributed by atoms with Gasteiger partial charge in [0, 0.05) is 30.6 Å². The third-order valence-electron chi connectivity index (χ3n) is 9.62. The molecule has 2 unspecified atom stereocenters. The number of anilines is 1. The van der Waals surface area contributed by atoms with Crippen molar-refractivity contribution >= 4 is 35.2 Å². The highest BCUT2D eigenvalue weighted by molar-refractivity contribution is 8.02. The van der Waals surface area contributed by atoms with Gasteiger partial charge in [-0.2, -0.15) is 0 Å². The van der Waals surface area contributed by atoms with E-state index in [-0.39, 0.29) is 36.1 Å². The fraction of sp³-hybridized carbons (Fsp3) is 0.472. The number of carbonyl (C=O) groups is 3. The molecule has 3 heterocycles. The smallest absolute Gasteiger partial charge is 0.251 e. The van der Waals surface area contributed by atoms with Gasteiger partial charge < -0.3 is 19.8 Å². The molecule has 2 bridgehead atoms. The Bertz CT molecular complexity index is 1390. The van der Waals surface area contributed by atoms with E-state index in [1.165, 1.54) is 0 Å². The van der Waals surface area contributed by atoms with Crippen LogP contribution in [0.25, 0.3) is 0 Å². The molecule has 3 aliphatic rings. The number of fused-ring (bicyclic) bond motifs is 1. The first-order valence-electron chi connectivity index (χ1n) is 15.8. The summed E-state index contributed by atoms with van der Waals surface area (Å²) in [5, 5.41) is 10.8. The number of nitrogens with zero attached hydrogens (tertiary/aromatic N) is 3. The predicted octanol–water partition coefficient (Wildman–Crippen LogP) is 4.94. The molecular formula is C36H45N3O4S. The Hall–Kier alpha value is -3.36. The van der Waals surface area contributed by atoms with E-state index in [1.54, 1.807) is 33.7 Å². The van der Waals surface area contributed by atoms with Crippen molar-refractivity contribution in [3.05, 3.63) is 90.5 Å². The summed E-state index contributed by atoms with van der Waals surface area (Å²) in [5.74, 6) is -1.55. The topological polar surface area (TPSA) is 81.2 Å².